The Morgan fingerprint density at radius 2 is 2.14 bits per heavy atom. The van der Waals surface area contributed by atoms with Gasteiger partial charge in [-0.05, 0) is 19.1 Å². The van der Waals surface area contributed by atoms with Crippen LogP contribution in [0.4, 0.5) is 0 Å². The molecule has 21 heavy (non-hydrogen) atoms. The molecule has 110 valence electrons. The third kappa shape index (κ3) is 3.39. The van der Waals surface area contributed by atoms with E-state index in [0.717, 1.165) is 0 Å². The zero-order chi connectivity index (χ0) is 15.4. The molecule has 2 aromatic rings. The molecule has 2 heterocycles. The molecule has 1 amide bonds. The van der Waals surface area contributed by atoms with Gasteiger partial charge >= 0.3 is 5.97 Å². The molecule has 0 aliphatic rings. The molecule has 2 aromatic heterocycles. The van der Waals surface area contributed by atoms with Crippen LogP contribution in [-0.4, -0.2) is 54.0 Å². The van der Waals surface area contributed by atoms with Crippen LogP contribution in [-0.2, 0) is 4.79 Å². The van der Waals surface area contributed by atoms with Gasteiger partial charge in [-0.15, -0.1) is 0 Å². The summed E-state index contributed by atoms with van der Waals surface area (Å²) >= 11 is 0. The number of rotatable bonds is 5. The topological polar surface area (TPSA) is 130 Å². The number of hydrogen-bond acceptors (Lipinski definition) is 6. The number of nitrogens with zero attached hydrogens (tertiary/aromatic N) is 4. The van der Waals surface area contributed by atoms with Gasteiger partial charge in [0, 0.05) is 6.20 Å². The van der Waals surface area contributed by atoms with Crippen molar-refractivity contribution in [1.82, 2.24) is 25.1 Å². The van der Waals surface area contributed by atoms with Crippen LogP contribution in [0.5, 0.6) is 0 Å². The first-order valence-corrected chi connectivity index (χ1v) is 6.02. The Bertz CT molecular complexity index is 624. The second-order valence-corrected chi connectivity index (χ2v) is 4.28. The number of aliphatic carboxylic acids is 1. The molecule has 0 radical (unpaired) electrons. The molecule has 0 spiro atoms. The number of carbonyl (C=O) groups excluding carboxylic acids is 1. The molecular formula is C12H13N5O4. The Morgan fingerprint density at radius 1 is 1.38 bits per heavy atom. The van der Waals surface area contributed by atoms with Crippen molar-refractivity contribution in [3.05, 3.63) is 36.5 Å². The molecule has 0 bridgehead atoms. The summed E-state index contributed by atoms with van der Waals surface area (Å²) in [6.07, 6.45) is 2.87. The van der Waals surface area contributed by atoms with E-state index < -0.39 is 24.0 Å². The Kier molecular flexibility index (Phi) is 4.24. The van der Waals surface area contributed by atoms with Gasteiger partial charge in [-0.1, -0.05) is 0 Å². The van der Waals surface area contributed by atoms with Gasteiger partial charge in [0.25, 0.3) is 5.91 Å². The number of hydrogen-bond donors (Lipinski definition) is 3. The fraction of sp³-hybridized carbons (Fsp3) is 0.250. The number of aliphatic hydroxyl groups excluding tert-OH is 1. The van der Waals surface area contributed by atoms with Gasteiger partial charge < -0.3 is 15.5 Å². The van der Waals surface area contributed by atoms with E-state index in [9.17, 15) is 14.7 Å². The highest BCUT2D eigenvalue weighted by molar-refractivity contribution is 5.96. The highest BCUT2D eigenvalue weighted by Gasteiger charge is 2.25. The van der Waals surface area contributed by atoms with E-state index >= 15 is 0 Å². The van der Waals surface area contributed by atoms with Crippen molar-refractivity contribution in [3.63, 3.8) is 0 Å². The molecule has 0 aliphatic heterocycles. The summed E-state index contributed by atoms with van der Waals surface area (Å²) in [7, 11) is 0. The van der Waals surface area contributed by atoms with Crippen LogP contribution < -0.4 is 5.32 Å². The second kappa shape index (κ2) is 6.09. The average Bonchev–Trinajstić information content (AvgIpc) is 2.98. The Morgan fingerprint density at radius 3 is 2.62 bits per heavy atom. The predicted molar refractivity (Wildman–Crippen MR) is 69.7 cm³/mol. The molecule has 0 fully saturated rings. The standard InChI is InChI=1S/C12H13N5O4/c1-7(18)10(12(20)21)16-11(19)8-2-3-9(14-4-8)17-6-13-5-15-17/h2-7,10,18H,1H3,(H,16,19)(H,20,21). The molecule has 2 unspecified atom stereocenters. The SMILES string of the molecule is CC(O)C(NC(=O)c1ccc(-n2cncn2)nc1)C(=O)O. The van der Waals surface area contributed by atoms with E-state index in [4.69, 9.17) is 5.11 Å². The van der Waals surface area contributed by atoms with Gasteiger partial charge in [0.2, 0.25) is 0 Å². The van der Waals surface area contributed by atoms with Crippen molar-refractivity contribution >= 4 is 11.9 Å². The summed E-state index contributed by atoms with van der Waals surface area (Å²) in [6.45, 7) is 1.28. The monoisotopic (exact) mass is 291 g/mol. The first-order valence-electron chi connectivity index (χ1n) is 6.02. The van der Waals surface area contributed by atoms with Crippen LogP contribution in [0.2, 0.25) is 0 Å². The van der Waals surface area contributed by atoms with Gasteiger partial charge in [-0.2, -0.15) is 5.10 Å². The summed E-state index contributed by atoms with van der Waals surface area (Å²) in [5.74, 6) is -1.49. The van der Waals surface area contributed by atoms with Crippen molar-refractivity contribution in [2.75, 3.05) is 0 Å². The highest BCUT2D eigenvalue weighted by Crippen LogP contribution is 2.05. The zero-order valence-corrected chi connectivity index (χ0v) is 11.0. The van der Waals surface area contributed by atoms with Crippen molar-refractivity contribution in [2.45, 2.75) is 19.1 Å². The van der Waals surface area contributed by atoms with Crippen molar-refractivity contribution in [3.8, 4) is 5.82 Å². The van der Waals surface area contributed by atoms with E-state index in [0.29, 0.717) is 5.82 Å². The third-order valence-electron chi connectivity index (χ3n) is 2.70. The summed E-state index contributed by atoms with van der Waals surface area (Å²) in [6, 6.07) is 1.63. The van der Waals surface area contributed by atoms with Crippen molar-refractivity contribution in [1.29, 1.82) is 0 Å². The second-order valence-electron chi connectivity index (χ2n) is 4.28. The molecule has 0 saturated carbocycles. The number of carboxylic acids is 1. The fourth-order valence-corrected chi connectivity index (χ4v) is 1.60. The lowest BCUT2D eigenvalue weighted by Gasteiger charge is -2.16. The maximum absolute atomic E-state index is 11.9. The lowest BCUT2D eigenvalue weighted by atomic mass is 10.1. The van der Waals surface area contributed by atoms with Crippen LogP contribution in [0.15, 0.2) is 31.0 Å². The fourth-order valence-electron chi connectivity index (χ4n) is 1.60. The van der Waals surface area contributed by atoms with Crippen LogP contribution in [0, 0.1) is 0 Å². The Labute approximate surface area is 119 Å². The molecule has 9 heteroatoms. The normalized spacial score (nSPS) is 13.4. The van der Waals surface area contributed by atoms with Crippen LogP contribution in [0.3, 0.4) is 0 Å². The first kappa shape index (κ1) is 14.6. The minimum absolute atomic E-state index is 0.172. The smallest absolute Gasteiger partial charge is 0.328 e. The van der Waals surface area contributed by atoms with Crippen LogP contribution in [0.1, 0.15) is 17.3 Å². The number of aromatic nitrogens is 4. The molecular weight excluding hydrogens is 278 g/mol. The number of amides is 1. The quantitative estimate of drug-likeness (QED) is 0.659. The zero-order valence-electron chi connectivity index (χ0n) is 11.0. The maximum Gasteiger partial charge on any atom is 0.328 e. The Hall–Kier alpha value is -2.81. The summed E-state index contributed by atoms with van der Waals surface area (Å²) in [4.78, 5) is 30.6. The molecule has 0 aliphatic carbocycles. The summed E-state index contributed by atoms with van der Waals surface area (Å²) < 4.78 is 1.41. The Balaban J connectivity index is 2.11. The van der Waals surface area contributed by atoms with E-state index in [2.05, 4.69) is 20.4 Å². The van der Waals surface area contributed by atoms with E-state index in [1.807, 2.05) is 0 Å². The third-order valence-corrected chi connectivity index (χ3v) is 2.70. The minimum Gasteiger partial charge on any atom is -0.480 e. The van der Waals surface area contributed by atoms with Crippen molar-refractivity contribution < 1.29 is 19.8 Å². The number of pyridine rings is 1. The number of nitrogens with one attached hydrogen (secondary N) is 1. The molecule has 0 saturated heterocycles. The largest absolute Gasteiger partial charge is 0.480 e. The van der Waals surface area contributed by atoms with Gasteiger partial charge in [-0.25, -0.2) is 19.4 Å². The lowest BCUT2D eigenvalue weighted by Crippen LogP contribution is -2.47. The molecule has 3 N–H and O–H groups in total. The molecule has 2 rings (SSSR count). The van der Waals surface area contributed by atoms with Gasteiger partial charge in [0.1, 0.15) is 12.7 Å². The van der Waals surface area contributed by atoms with Gasteiger partial charge in [-0.3, -0.25) is 4.79 Å². The van der Waals surface area contributed by atoms with Crippen molar-refractivity contribution in [2.24, 2.45) is 0 Å². The van der Waals surface area contributed by atoms with Gasteiger partial charge in [0.05, 0.1) is 11.7 Å². The summed E-state index contributed by atoms with van der Waals surface area (Å²) in [5.41, 5.74) is 0.172. The van der Waals surface area contributed by atoms with Gasteiger partial charge in [0.15, 0.2) is 11.9 Å². The average molecular weight is 291 g/mol. The minimum atomic E-state index is -1.38. The maximum atomic E-state index is 11.9. The molecule has 9 nitrogen and oxygen atoms in total. The predicted octanol–water partition coefficient (Wildman–Crippen LogP) is -0.774. The number of carbonyl (C=O) groups is 2. The van der Waals surface area contributed by atoms with Crippen LogP contribution in [0.25, 0.3) is 5.82 Å². The number of carboxylic acid groups (broad SMARTS) is 1. The van der Waals surface area contributed by atoms with E-state index in [1.165, 1.54) is 36.5 Å². The highest BCUT2D eigenvalue weighted by atomic mass is 16.4. The molecule has 2 atom stereocenters. The molecule has 0 aromatic carbocycles. The van der Waals surface area contributed by atoms with E-state index in [-0.39, 0.29) is 5.56 Å². The number of aliphatic hydroxyl groups is 1. The van der Waals surface area contributed by atoms with E-state index in [1.54, 1.807) is 6.07 Å². The lowest BCUT2D eigenvalue weighted by molar-refractivity contribution is -0.141. The first-order chi connectivity index (χ1) is 9.99. The van der Waals surface area contributed by atoms with Crippen LogP contribution >= 0.6 is 0 Å². The summed E-state index contributed by atoms with van der Waals surface area (Å²) in [5, 5.41) is 24.3.